The number of Topliss-reactive ketones (excluding diaryl/α,β-unsaturated/α-hetero) is 1. The Kier molecular flexibility index (Phi) is 25.3. The lowest BCUT2D eigenvalue weighted by molar-refractivity contribution is -0.154. The van der Waals surface area contributed by atoms with E-state index in [4.69, 9.17) is 13.9 Å². The summed E-state index contributed by atoms with van der Waals surface area (Å²) in [5, 5.41) is 5.50. The zero-order chi connectivity index (χ0) is 50.0. The van der Waals surface area contributed by atoms with Gasteiger partial charge in [-0.2, -0.15) is 0 Å². The fourth-order valence-corrected chi connectivity index (χ4v) is 8.69. The average molecular weight is 945 g/mol. The number of ketones is 1. The van der Waals surface area contributed by atoms with Gasteiger partial charge >= 0.3 is 5.97 Å². The van der Waals surface area contributed by atoms with Gasteiger partial charge in [0, 0.05) is 32.0 Å². The zero-order valence-corrected chi connectivity index (χ0v) is 44.8. The minimum absolute atomic E-state index is 0.00631. The fourth-order valence-electron chi connectivity index (χ4n) is 6.99. The highest BCUT2D eigenvalue weighted by Gasteiger charge is 2.42. The number of hydrogen-bond donors (Lipinski definition) is 2. The third-order valence-electron chi connectivity index (χ3n) is 12.6. The van der Waals surface area contributed by atoms with Gasteiger partial charge in [-0.05, 0) is 94.8 Å². The van der Waals surface area contributed by atoms with Crippen LogP contribution in [-0.2, 0) is 49.1 Å². The minimum atomic E-state index is -2.16. The monoisotopic (exact) mass is 945 g/mol. The van der Waals surface area contributed by atoms with Crippen molar-refractivity contribution in [3.05, 3.63) is 59.2 Å². The number of hydrogen-bond acceptors (Lipinski definition) is 10. The lowest BCUT2D eigenvalue weighted by Gasteiger charge is -2.42. The van der Waals surface area contributed by atoms with E-state index in [1.165, 1.54) is 37.7 Å². The summed E-state index contributed by atoms with van der Waals surface area (Å²) in [7, 11) is 0.798. The number of rotatable bonds is 27. The molecule has 0 aliphatic carbocycles. The Morgan fingerprint density at radius 2 is 1.51 bits per heavy atom. The first-order chi connectivity index (χ1) is 30.1. The molecule has 0 fully saturated rings. The van der Waals surface area contributed by atoms with Crippen LogP contribution in [0.25, 0.3) is 0 Å². The number of carbonyl (C=O) groups excluding carboxylic acids is 6. The molecule has 0 spiro atoms. The fraction of sp³-hybridized carbons (Fsp3) is 0.680. The first kappa shape index (κ1) is 59.2. The number of carbonyl (C=O) groups is 6. The molecule has 65 heavy (non-hydrogen) atoms. The summed E-state index contributed by atoms with van der Waals surface area (Å²) < 4.78 is 19.2. The molecule has 1 aromatic carbocycles. The van der Waals surface area contributed by atoms with Gasteiger partial charge in [-0.15, -0.1) is 11.8 Å². The molecular formula is C50H84N4O9SSi. The highest BCUT2D eigenvalue weighted by molar-refractivity contribution is 7.98. The van der Waals surface area contributed by atoms with Crippen LogP contribution in [0.5, 0.6) is 0 Å². The van der Waals surface area contributed by atoms with Crippen LogP contribution in [0, 0.1) is 17.8 Å². The van der Waals surface area contributed by atoms with Crippen LogP contribution in [0.15, 0.2) is 53.6 Å². The molecule has 15 heteroatoms. The van der Waals surface area contributed by atoms with Crippen molar-refractivity contribution in [3.8, 4) is 0 Å². The smallest absolute Gasteiger partial charge is 0.334 e. The Hall–Kier alpha value is -3.79. The predicted molar refractivity (Wildman–Crippen MR) is 266 cm³/mol. The molecule has 1 aromatic rings. The number of allylic oxidation sites excluding steroid dienone is 1. The third kappa shape index (κ3) is 19.2. The van der Waals surface area contributed by atoms with Crippen molar-refractivity contribution in [2.45, 2.75) is 170 Å². The Morgan fingerprint density at radius 3 is 2.02 bits per heavy atom. The van der Waals surface area contributed by atoms with E-state index in [-0.39, 0.29) is 60.2 Å². The van der Waals surface area contributed by atoms with Gasteiger partial charge in [0.2, 0.25) is 17.7 Å². The summed E-state index contributed by atoms with van der Waals surface area (Å²) in [4.78, 5) is 83.5. The molecule has 1 rings (SSSR count). The first-order valence-electron chi connectivity index (χ1n) is 23.1. The number of amides is 4. The van der Waals surface area contributed by atoms with E-state index < -0.39 is 62.1 Å². The number of thioether (sulfide) groups is 1. The van der Waals surface area contributed by atoms with Crippen LogP contribution in [0.4, 0.5) is 0 Å². The van der Waals surface area contributed by atoms with Crippen LogP contribution in [0.2, 0.25) is 18.1 Å². The summed E-state index contributed by atoms with van der Waals surface area (Å²) in [5.74, 6) is -2.74. The van der Waals surface area contributed by atoms with Crippen LogP contribution < -0.4 is 10.6 Å². The van der Waals surface area contributed by atoms with E-state index in [0.29, 0.717) is 24.4 Å². The summed E-state index contributed by atoms with van der Waals surface area (Å²) in [6.07, 6.45) is 5.61. The maximum Gasteiger partial charge on any atom is 0.334 e. The number of ether oxygens (including phenoxy) is 2. The van der Waals surface area contributed by atoms with Crippen LogP contribution >= 0.6 is 11.8 Å². The van der Waals surface area contributed by atoms with Gasteiger partial charge in [0.25, 0.3) is 5.91 Å². The molecular weight excluding hydrogens is 861 g/mol. The van der Waals surface area contributed by atoms with Crippen molar-refractivity contribution in [3.63, 3.8) is 0 Å². The quantitative estimate of drug-likeness (QED) is 0.0290. The molecule has 368 valence electrons. The van der Waals surface area contributed by atoms with E-state index in [9.17, 15) is 28.8 Å². The highest BCUT2D eigenvalue weighted by Crippen LogP contribution is 2.40. The molecule has 8 atom stereocenters. The largest absolute Gasteiger partial charge is 0.449 e. The first-order valence-corrected chi connectivity index (χ1v) is 27.4. The van der Waals surface area contributed by atoms with Crippen LogP contribution in [0.3, 0.4) is 0 Å². The maximum absolute atomic E-state index is 14.1. The van der Waals surface area contributed by atoms with Crippen molar-refractivity contribution < 1.29 is 42.7 Å². The van der Waals surface area contributed by atoms with Crippen LogP contribution in [-0.4, -0.2) is 123 Å². The Balaban J connectivity index is 3.31. The van der Waals surface area contributed by atoms with E-state index in [1.807, 2.05) is 71.2 Å². The number of nitrogens with zero attached hydrogens (tertiary/aromatic N) is 2. The molecule has 0 aliphatic heterocycles. The molecule has 0 saturated carbocycles. The molecule has 0 radical (unpaired) electrons. The molecule has 13 nitrogen and oxygen atoms in total. The van der Waals surface area contributed by atoms with Gasteiger partial charge in [-0.1, -0.05) is 104 Å². The normalized spacial score (nSPS) is 16.3. The molecule has 1 unspecified atom stereocenters. The SMILES string of the molecule is C/C=C(\C)[C@@H](O[Si](C)(C)C(C)(C)C)[C@@H](C)[C@H](C/C=C(\C)C(=O)O[C@H](CC(C)C)C(=O)N[C@@H](C)C(=O)N(C)[C@H](Cc1ccccc1)C(=O)N(C)CC(=O)N[C@H](C(C)=O)C(C)CC)OCSC. The van der Waals surface area contributed by atoms with Gasteiger partial charge in [0.1, 0.15) is 12.1 Å². The topological polar surface area (TPSA) is 161 Å². The van der Waals surface area contributed by atoms with Crippen molar-refractivity contribution in [1.29, 1.82) is 0 Å². The highest BCUT2D eigenvalue weighted by atomic mass is 32.2. The van der Waals surface area contributed by atoms with Gasteiger partial charge in [0.05, 0.1) is 30.7 Å². The maximum atomic E-state index is 14.1. The third-order valence-corrected chi connectivity index (χ3v) is 17.5. The van der Waals surface area contributed by atoms with Gasteiger partial charge in [-0.25, -0.2) is 4.79 Å². The standard InChI is InChI=1S/C50H84N4O9SSi/c1-19-33(5)44(38(10)55)52-43(56)30-53(14)48(59)40(29-39-24-22-21-23-25-39)54(15)47(58)37(9)51-46(57)42(28-32(3)4)62-49(60)35(7)26-27-41(61-31-64-16)36(8)45(34(6)20-2)63-65(17,18)50(11,12)13/h20-26,32-33,36-37,40-42,44-45H,19,27-31H2,1-18H3,(H,51,57)(H,52,56)/b34-20+,35-26+/t33?,36-,37-,40+,41-,42+,44-,45+/m0/s1. The molecule has 0 aromatic heterocycles. The molecule has 0 saturated heterocycles. The van der Waals surface area contributed by atoms with Gasteiger partial charge in [-0.3, -0.25) is 24.0 Å². The molecule has 0 aliphatic rings. The van der Waals surface area contributed by atoms with Crippen molar-refractivity contribution in [2.75, 3.05) is 32.8 Å². The van der Waals surface area contributed by atoms with Gasteiger partial charge < -0.3 is 34.3 Å². The second-order valence-electron chi connectivity index (χ2n) is 19.6. The second-order valence-corrected chi connectivity index (χ2v) is 25.1. The number of nitrogens with one attached hydrogen (secondary N) is 2. The molecule has 2 N–H and O–H groups in total. The van der Waals surface area contributed by atoms with E-state index >= 15 is 0 Å². The number of esters is 1. The summed E-state index contributed by atoms with van der Waals surface area (Å²) in [6, 6.07) is 6.34. The molecule has 0 bridgehead atoms. The Labute approximate surface area is 397 Å². The lowest BCUT2D eigenvalue weighted by atomic mass is 9.90. The Bertz CT molecular complexity index is 1780. The molecule has 0 heterocycles. The number of likely N-dealkylation sites (N-methyl/N-ethyl adjacent to an activating group) is 2. The Morgan fingerprint density at radius 1 is 0.908 bits per heavy atom. The van der Waals surface area contributed by atoms with E-state index in [0.717, 1.165) is 11.1 Å². The average Bonchev–Trinajstić information content (AvgIpc) is 3.24. The van der Waals surface area contributed by atoms with E-state index in [1.54, 1.807) is 24.8 Å². The van der Waals surface area contributed by atoms with Gasteiger partial charge in [0.15, 0.2) is 20.2 Å². The number of benzene rings is 1. The van der Waals surface area contributed by atoms with Crippen molar-refractivity contribution in [1.82, 2.24) is 20.4 Å². The zero-order valence-electron chi connectivity index (χ0n) is 43.0. The predicted octanol–water partition coefficient (Wildman–Crippen LogP) is 8.13. The van der Waals surface area contributed by atoms with Crippen molar-refractivity contribution in [2.24, 2.45) is 17.8 Å². The van der Waals surface area contributed by atoms with Crippen LogP contribution in [0.1, 0.15) is 115 Å². The minimum Gasteiger partial charge on any atom is -0.449 e. The van der Waals surface area contributed by atoms with Crippen molar-refractivity contribution >= 4 is 55.5 Å². The lowest BCUT2D eigenvalue weighted by Crippen LogP contribution is -2.56. The second kappa shape index (κ2) is 27.8. The molecule has 4 amide bonds. The summed E-state index contributed by atoms with van der Waals surface area (Å²) in [6.45, 7) is 29.2. The van der Waals surface area contributed by atoms with E-state index in [2.05, 4.69) is 64.4 Å². The summed E-state index contributed by atoms with van der Waals surface area (Å²) in [5.41, 5.74) is 2.22. The summed E-state index contributed by atoms with van der Waals surface area (Å²) >= 11 is 1.57.